The predicted octanol–water partition coefficient (Wildman–Crippen LogP) is 3.04. The molecule has 1 aliphatic rings. The average molecular weight is 159 g/mol. The van der Waals surface area contributed by atoms with E-state index in [1.165, 1.54) is 5.56 Å². The normalized spacial score (nSPS) is 14.0. The van der Waals surface area contributed by atoms with Crippen LogP contribution in [0.3, 0.4) is 0 Å². The number of aryl methyl sites for hydroxylation is 1. The Hall–Kier alpha value is -1.44. The Balaban J connectivity index is 2.51. The molecule has 0 saturated carbocycles. The van der Waals surface area contributed by atoms with Crippen LogP contribution in [0.5, 0.6) is 0 Å². The number of fused-ring (bicyclic) bond motifs is 1. The number of rotatable bonds is 1. The van der Waals surface area contributed by atoms with Crippen LogP contribution in [0.1, 0.15) is 17.5 Å². The third kappa shape index (κ3) is 1.16. The van der Waals surface area contributed by atoms with Crippen LogP contribution in [0, 0.1) is 4.91 Å². The van der Waals surface area contributed by atoms with Gasteiger partial charge in [-0.05, 0) is 41.3 Å². The van der Waals surface area contributed by atoms with E-state index in [1.54, 1.807) is 6.07 Å². The fourth-order valence-electron chi connectivity index (χ4n) is 1.47. The molecule has 2 nitrogen and oxygen atoms in total. The lowest BCUT2D eigenvalue weighted by Gasteiger charge is -2.08. The highest BCUT2D eigenvalue weighted by molar-refractivity contribution is 5.60. The van der Waals surface area contributed by atoms with E-state index in [2.05, 4.69) is 11.3 Å². The highest BCUT2D eigenvalue weighted by Crippen LogP contribution is 2.23. The fraction of sp³-hybridized carbons (Fsp3) is 0.200. The molecule has 1 aromatic rings. The summed E-state index contributed by atoms with van der Waals surface area (Å²) >= 11 is 0. The molecule has 0 spiro atoms. The van der Waals surface area contributed by atoms with Gasteiger partial charge < -0.3 is 0 Å². The number of hydrogen-bond donors (Lipinski definition) is 0. The quantitative estimate of drug-likeness (QED) is 0.579. The molecule has 0 N–H and O–H groups in total. The van der Waals surface area contributed by atoms with Gasteiger partial charge in [0.25, 0.3) is 0 Å². The van der Waals surface area contributed by atoms with Crippen LogP contribution < -0.4 is 0 Å². The maximum atomic E-state index is 10.2. The second kappa shape index (κ2) is 2.89. The van der Waals surface area contributed by atoms with Crippen molar-refractivity contribution in [2.24, 2.45) is 5.18 Å². The SMILES string of the molecule is O=Nc1ccc2c(c1)C=CCC2. The Morgan fingerprint density at radius 2 is 2.25 bits per heavy atom. The Kier molecular flexibility index (Phi) is 1.74. The number of hydrogen-bond acceptors (Lipinski definition) is 2. The molecule has 60 valence electrons. The van der Waals surface area contributed by atoms with Gasteiger partial charge in [-0.15, -0.1) is 4.91 Å². The van der Waals surface area contributed by atoms with Crippen molar-refractivity contribution in [2.75, 3.05) is 0 Å². The summed E-state index contributed by atoms with van der Waals surface area (Å²) in [7, 11) is 0. The van der Waals surface area contributed by atoms with E-state index >= 15 is 0 Å². The van der Waals surface area contributed by atoms with E-state index in [0.717, 1.165) is 18.4 Å². The van der Waals surface area contributed by atoms with Crippen LogP contribution in [-0.2, 0) is 6.42 Å². The van der Waals surface area contributed by atoms with Gasteiger partial charge in [-0.3, -0.25) is 0 Å². The first-order chi connectivity index (χ1) is 5.90. The highest BCUT2D eigenvalue weighted by Gasteiger charge is 2.04. The summed E-state index contributed by atoms with van der Waals surface area (Å²) in [6.45, 7) is 0. The van der Waals surface area contributed by atoms with Crippen molar-refractivity contribution in [1.29, 1.82) is 0 Å². The van der Waals surface area contributed by atoms with Gasteiger partial charge >= 0.3 is 0 Å². The molecule has 1 aromatic carbocycles. The maximum Gasteiger partial charge on any atom is 0.108 e. The van der Waals surface area contributed by atoms with E-state index < -0.39 is 0 Å². The molecule has 2 rings (SSSR count). The second-order valence-electron chi connectivity index (χ2n) is 2.92. The zero-order chi connectivity index (χ0) is 8.39. The lowest BCUT2D eigenvalue weighted by Crippen LogP contribution is -1.92. The van der Waals surface area contributed by atoms with Crippen LogP contribution >= 0.6 is 0 Å². The Morgan fingerprint density at radius 1 is 1.33 bits per heavy atom. The van der Waals surface area contributed by atoms with Gasteiger partial charge in [0.2, 0.25) is 0 Å². The maximum absolute atomic E-state index is 10.2. The van der Waals surface area contributed by atoms with Crippen molar-refractivity contribution in [3.05, 3.63) is 40.3 Å². The first-order valence-electron chi connectivity index (χ1n) is 4.03. The summed E-state index contributed by atoms with van der Waals surface area (Å²) < 4.78 is 0. The topological polar surface area (TPSA) is 29.4 Å². The van der Waals surface area contributed by atoms with Crippen molar-refractivity contribution in [1.82, 2.24) is 0 Å². The van der Waals surface area contributed by atoms with Gasteiger partial charge in [-0.2, -0.15) is 0 Å². The minimum Gasteiger partial charge on any atom is -0.145 e. The molecule has 0 unspecified atom stereocenters. The molecule has 2 heteroatoms. The van der Waals surface area contributed by atoms with Crippen molar-refractivity contribution >= 4 is 11.8 Å². The van der Waals surface area contributed by atoms with Gasteiger partial charge in [-0.1, -0.05) is 18.2 Å². The minimum absolute atomic E-state index is 0.514. The zero-order valence-electron chi connectivity index (χ0n) is 6.66. The van der Waals surface area contributed by atoms with Gasteiger partial charge in [0.05, 0.1) is 0 Å². The van der Waals surface area contributed by atoms with E-state index in [1.807, 2.05) is 18.2 Å². The van der Waals surface area contributed by atoms with E-state index in [0.29, 0.717) is 5.69 Å². The number of nitroso groups, excluding NO2 is 1. The molecular formula is C10H9NO. The summed E-state index contributed by atoms with van der Waals surface area (Å²) in [5.41, 5.74) is 2.96. The van der Waals surface area contributed by atoms with Gasteiger partial charge in [0.15, 0.2) is 0 Å². The molecule has 1 aliphatic carbocycles. The molecule has 0 bridgehead atoms. The molecular weight excluding hydrogens is 150 g/mol. The molecule has 12 heavy (non-hydrogen) atoms. The lowest BCUT2D eigenvalue weighted by atomic mass is 9.97. The molecule has 0 atom stereocenters. The van der Waals surface area contributed by atoms with Gasteiger partial charge in [-0.25, -0.2) is 0 Å². The van der Waals surface area contributed by atoms with Crippen LogP contribution in [0.25, 0.3) is 6.08 Å². The minimum atomic E-state index is 0.514. The largest absolute Gasteiger partial charge is 0.145 e. The van der Waals surface area contributed by atoms with Crippen LogP contribution in [0.15, 0.2) is 29.5 Å². The van der Waals surface area contributed by atoms with Gasteiger partial charge in [0.1, 0.15) is 5.69 Å². The first kappa shape index (κ1) is 7.22. The smallest absolute Gasteiger partial charge is 0.108 e. The average Bonchev–Trinajstić information content (AvgIpc) is 2.17. The molecule has 0 saturated heterocycles. The summed E-state index contributed by atoms with van der Waals surface area (Å²) in [5, 5.41) is 2.89. The number of nitrogens with zero attached hydrogens (tertiary/aromatic N) is 1. The zero-order valence-corrected chi connectivity index (χ0v) is 6.66. The second-order valence-corrected chi connectivity index (χ2v) is 2.92. The number of allylic oxidation sites excluding steroid dienone is 1. The molecule has 0 aromatic heterocycles. The first-order valence-corrected chi connectivity index (χ1v) is 4.03. The highest BCUT2D eigenvalue weighted by atomic mass is 16.3. The van der Waals surface area contributed by atoms with Crippen molar-refractivity contribution in [3.8, 4) is 0 Å². The Bertz CT molecular complexity index is 342. The van der Waals surface area contributed by atoms with Gasteiger partial charge in [0, 0.05) is 0 Å². The molecule has 0 aliphatic heterocycles. The van der Waals surface area contributed by atoms with Crippen molar-refractivity contribution < 1.29 is 0 Å². The summed E-state index contributed by atoms with van der Waals surface area (Å²) in [6, 6.07) is 5.58. The summed E-state index contributed by atoms with van der Waals surface area (Å²) in [4.78, 5) is 10.2. The molecule has 0 heterocycles. The van der Waals surface area contributed by atoms with Crippen LogP contribution in [0.4, 0.5) is 5.69 Å². The summed E-state index contributed by atoms with van der Waals surface area (Å²) in [6.07, 6.45) is 6.34. The lowest BCUT2D eigenvalue weighted by molar-refractivity contribution is 0.985. The third-order valence-corrected chi connectivity index (χ3v) is 2.11. The van der Waals surface area contributed by atoms with Crippen molar-refractivity contribution in [3.63, 3.8) is 0 Å². The number of benzene rings is 1. The van der Waals surface area contributed by atoms with Crippen LogP contribution in [-0.4, -0.2) is 0 Å². The van der Waals surface area contributed by atoms with Crippen molar-refractivity contribution in [2.45, 2.75) is 12.8 Å². The standard InChI is InChI=1S/C10H9NO/c12-11-10-6-5-8-3-1-2-4-9(8)7-10/h2,4-7H,1,3H2. The van der Waals surface area contributed by atoms with E-state index in [-0.39, 0.29) is 0 Å². The monoisotopic (exact) mass is 159 g/mol. The molecule has 0 fully saturated rings. The van der Waals surface area contributed by atoms with E-state index in [4.69, 9.17) is 0 Å². The fourth-order valence-corrected chi connectivity index (χ4v) is 1.47. The molecule has 0 amide bonds. The van der Waals surface area contributed by atoms with Crippen LogP contribution in [0.2, 0.25) is 0 Å². The van der Waals surface area contributed by atoms with E-state index in [9.17, 15) is 4.91 Å². The molecule has 0 radical (unpaired) electrons. The summed E-state index contributed by atoms with van der Waals surface area (Å²) in [5.74, 6) is 0. The predicted molar refractivity (Wildman–Crippen MR) is 49.3 cm³/mol. The Labute approximate surface area is 70.9 Å². The Morgan fingerprint density at radius 3 is 3.08 bits per heavy atom. The third-order valence-electron chi connectivity index (χ3n) is 2.11.